The van der Waals surface area contributed by atoms with Gasteiger partial charge in [0.15, 0.2) is 5.82 Å². The van der Waals surface area contributed by atoms with Gasteiger partial charge >= 0.3 is 5.97 Å². The maximum atomic E-state index is 13.8. The maximum absolute atomic E-state index is 13.8. The monoisotopic (exact) mass is 270 g/mol. The SMILES string of the molecule is O=C(O)CCN1CCC(=O)Nc2cc(F)cc(F)c21. The van der Waals surface area contributed by atoms with Crippen LogP contribution in [-0.4, -0.2) is 30.1 Å². The molecule has 0 aliphatic carbocycles. The van der Waals surface area contributed by atoms with Crippen LogP contribution >= 0.6 is 0 Å². The summed E-state index contributed by atoms with van der Waals surface area (Å²) in [6.07, 6.45) is -0.0974. The Balaban J connectivity index is 2.38. The van der Waals surface area contributed by atoms with Gasteiger partial charge in [-0.05, 0) is 6.07 Å². The summed E-state index contributed by atoms with van der Waals surface area (Å²) in [5.74, 6) is -2.99. The number of benzene rings is 1. The van der Waals surface area contributed by atoms with Crippen LogP contribution in [0.1, 0.15) is 12.8 Å². The summed E-state index contributed by atoms with van der Waals surface area (Å²) in [6, 6.07) is 1.74. The zero-order valence-corrected chi connectivity index (χ0v) is 9.95. The number of nitrogens with one attached hydrogen (secondary N) is 1. The van der Waals surface area contributed by atoms with Crippen molar-refractivity contribution in [3.63, 3.8) is 0 Å². The highest BCUT2D eigenvalue weighted by molar-refractivity contribution is 5.96. The molecule has 1 aliphatic rings. The lowest BCUT2D eigenvalue weighted by Crippen LogP contribution is -2.28. The quantitative estimate of drug-likeness (QED) is 0.875. The molecule has 19 heavy (non-hydrogen) atoms. The van der Waals surface area contributed by atoms with Gasteiger partial charge in [-0.2, -0.15) is 0 Å². The fraction of sp³-hybridized carbons (Fsp3) is 0.333. The van der Waals surface area contributed by atoms with Gasteiger partial charge in [-0.15, -0.1) is 0 Å². The summed E-state index contributed by atoms with van der Waals surface area (Å²) in [5, 5.41) is 11.1. The molecule has 0 unspecified atom stereocenters. The molecule has 1 aromatic rings. The van der Waals surface area contributed by atoms with E-state index in [1.165, 1.54) is 4.90 Å². The number of halogens is 2. The second kappa shape index (κ2) is 5.21. The van der Waals surface area contributed by atoms with E-state index < -0.39 is 17.6 Å². The smallest absolute Gasteiger partial charge is 0.305 e. The highest BCUT2D eigenvalue weighted by atomic mass is 19.1. The van der Waals surface area contributed by atoms with Gasteiger partial charge in [0, 0.05) is 25.6 Å². The fourth-order valence-corrected chi connectivity index (χ4v) is 2.00. The summed E-state index contributed by atoms with van der Waals surface area (Å²) in [4.78, 5) is 23.5. The fourth-order valence-electron chi connectivity index (χ4n) is 2.00. The number of amides is 1. The summed E-state index contributed by atoms with van der Waals surface area (Å²) >= 11 is 0. The average Bonchev–Trinajstić information content (AvgIpc) is 2.45. The van der Waals surface area contributed by atoms with E-state index >= 15 is 0 Å². The van der Waals surface area contributed by atoms with Crippen molar-refractivity contribution in [2.75, 3.05) is 23.3 Å². The Hall–Kier alpha value is -2.18. The van der Waals surface area contributed by atoms with Crippen LogP contribution in [0.3, 0.4) is 0 Å². The predicted octanol–water partition coefficient (Wildman–Crippen LogP) is 1.59. The van der Waals surface area contributed by atoms with E-state index in [1.807, 2.05) is 0 Å². The van der Waals surface area contributed by atoms with Crippen molar-refractivity contribution in [2.45, 2.75) is 12.8 Å². The van der Waals surface area contributed by atoms with Crippen LogP contribution in [0.25, 0.3) is 0 Å². The molecule has 2 N–H and O–H groups in total. The van der Waals surface area contributed by atoms with E-state index in [4.69, 9.17) is 5.11 Å². The van der Waals surface area contributed by atoms with E-state index in [0.29, 0.717) is 6.07 Å². The summed E-state index contributed by atoms with van der Waals surface area (Å²) < 4.78 is 27.0. The molecule has 1 heterocycles. The number of fused-ring (bicyclic) bond motifs is 1. The topological polar surface area (TPSA) is 69.6 Å². The minimum Gasteiger partial charge on any atom is -0.481 e. The van der Waals surface area contributed by atoms with Gasteiger partial charge in [0.1, 0.15) is 5.82 Å². The number of carboxylic acid groups (broad SMARTS) is 1. The molecule has 7 heteroatoms. The van der Waals surface area contributed by atoms with Crippen molar-refractivity contribution >= 4 is 23.3 Å². The molecule has 0 aromatic heterocycles. The van der Waals surface area contributed by atoms with Crippen LogP contribution in [-0.2, 0) is 9.59 Å². The first-order valence-electron chi connectivity index (χ1n) is 5.73. The number of hydrogen-bond acceptors (Lipinski definition) is 3. The first-order valence-corrected chi connectivity index (χ1v) is 5.73. The Morgan fingerprint density at radius 2 is 2.16 bits per heavy atom. The third-order valence-corrected chi connectivity index (χ3v) is 2.82. The van der Waals surface area contributed by atoms with Crippen LogP contribution in [0.4, 0.5) is 20.2 Å². The van der Waals surface area contributed by atoms with Gasteiger partial charge in [0.2, 0.25) is 5.91 Å². The lowest BCUT2D eigenvalue weighted by Gasteiger charge is -2.23. The zero-order valence-electron chi connectivity index (χ0n) is 9.95. The number of carboxylic acids is 1. The van der Waals surface area contributed by atoms with E-state index in [2.05, 4.69) is 5.32 Å². The third kappa shape index (κ3) is 2.98. The number of rotatable bonds is 3. The van der Waals surface area contributed by atoms with Crippen LogP contribution < -0.4 is 10.2 Å². The van der Waals surface area contributed by atoms with Gasteiger partial charge < -0.3 is 15.3 Å². The number of aliphatic carboxylic acids is 1. The van der Waals surface area contributed by atoms with Crippen LogP contribution in [0.2, 0.25) is 0 Å². The Kier molecular flexibility index (Phi) is 3.64. The van der Waals surface area contributed by atoms with E-state index in [0.717, 1.165) is 6.07 Å². The van der Waals surface area contributed by atoms with E-state index in [9.17, 15) is 18.4 Å². The molecule has 1 amide bonds. The van der Waals surface area contributed by atoms with E-state index in [-0.39, 0.29) is 43.2 Å². The first kappa shape index (κ1) is 13.3. The number of hydrogen-bond donors (Lipinski definition) is 2. The molecule has 0 bridgehead atoms. The van der Waals surface area contributed by atoms with Crippen LogP contribution in [0, 0.1) is 11.6 Å². The molecular weight excluding hydrogens is 258 g/mol. The second-order valence-electron chi connectivity index (χ2n) is 4.21. The van der Waals surface area contributed by atoms with Crippen molar-refractivity contribution in [1.29, 1.82) is 0 Å². The van der Waals surface area contributed by atoms with Crippen molar-refractivity contribution in [1.82, 2.24) is 0 Å². The van der Waals surface area contributed by atoms with Gasteiger partial charge in [-0.3, -0.25) is 9.59 Å². The molecule has 0 radical (unpaired) electrons. The average molecular weight is 270 g/mol. The van der Waals surface area contributed by atoms with Crippen molar-refractivity contribution in [3.05, 3.63) is 23.8 Å². The Morgan fingerprint density at radius 1 is 1.42 bits per heavy atom. The Bertz CT molecular complexity index is 534. The summed E-state index contributed by atoms with van der Waals surface area (Å²) in [6.45, 7) is 0.245. The number of carbonyl (C=O) groups is 2. The zero-order chi connectivity index (χ0) is 14.0. The Morgan fingerprint density at radius 3 is 2.84 bits per heavy atom. The van der Waals surface area contributed by atoms with Gasteiger partial charge in [-0.25, -0.2) is 8.78 Å². The normalized spacial score (nSPS) is 14.6. The largest absolute Gasteiger partial charge is 0.481 e. The lowest BCUT2D eigenvalue weighted by molar-refractivity contribution is -0.136. The van der Waals surface area contributed by atoms with Gasteiger partial charge in [0.25, 0.3) is 0 Å². The third-order valence-electron chi connectivity index (χ3n) is 2.82. The molecule has 0 saturated carbocycles. The van der Waals surface area contributed by atoms with E-state index in [1.54, 1.807) is 0 Å². The standard InChI is InChI=1S/C12H12F2N2O3/c13-7-5-8(14)12-9(6-7)15-10(17)1-3-16(12)4-2-11(18)19/h5-6H,1-4H2,(H,15,17)(H,18,19). The minimum atomic E-state index is -1.02. The molecule has 5 nitrogen and oxygen atoms in total. The lowest BCUT2D eigenvalue weighted by atomic mass is 10.2. The summed E-state index contributed by atoms with van der Waals surface area (Å²) in [5.41, 5.74) is 0.0684. The number of carbonyl (C=O) groups excluding carboxylic acids is 1. The molecule has 2 rings (SSSR count). The molecule has 102 valence electrons. The highest BCUT2D eigenvalue weighted by Gasteiger charge is 2.23. The summed E-state index contributed by atoms with van der Waals surface area (Å²) in [7, 11) is 0. The van der Waals surface area contributed by atoms with Crippen molar-refractivity contribution in [2.24, 2.45) is 0 Å². The molecule has 1 aromatic carbocycles. The molecule has 0 saturated heterocycles. The predicted molar refractivity (Wildman–Crippen MR) is 64.1 cm³/mol. The van der Waals surface area contributed by atoms with Gasteiger partial charge in [-0.1, -0.05) is 0 Å². The molecular formula is C12H12F2N2O3. The maximum Gasteiger partial charge on any atom is 0.305 e. The van der Waals surface area contributed by atoms with Gasteiger partial charge in [0.05, 0.1) is 17.8 Å². The highest BCUT2D eigenvalue weighted by Crippen LogP contribution is 2.32. The minimum absolute atomic E-state index is 0.0328. The molecule has 1 aliphatic heterocycles. The second-order valence-corrected chi connectivity index (χ2v) is 4.21. The first-order chi connectivity index (χ1) is 8.97. The molecule has 0 fully saturated rings. The van der Waals surface area contributed by atoms with Crippen LogP contribution in [0.5, 0.6) is 0 Å². The van der Waals surface area contributed by atoms with Crippen LogP contribution in [0.15, 0.2) is 12.1 Å². The number of nitrogens with zero attached hydrogens (tertiary/aromatic N) is 1. The number of anilines is 2. The Labute approximate surface area is 107 Å². The van der Waals surface area contributed by atoms with Crippen molar-refractivity contribution < 1.29 is 23.5 Å². The molecule has 0 spiro atoms. The van der Waals surface area contributed by atoms with Crippen molar-refractivity contribution in [3.8, 4) is 0 Å². The molecule has 0 atom stereocenters.